The van der Waals surface area contributed by atoms with E-state index in [1.54, 1.807) is 44.2 Å². The SMILES string of the molecule is CCOc1ccc(N=C2S[C@H](CC(=O)Nc3ccc(C)cc3[N+](=O)[O-])C(=O)N2/N=C(/C)c2ccc([N+](=O)[O-])cc2)cc1. The fraction of sp³-hybridized carbons (Fsp3) is 0.214. The highest BCUT2D eigenvalue weighted by Crippen LogP contribution is 2.34. The van der Waals surface area contributed by atoms with Gasteiger partial charge in [-0.1, -0.05) is 17.8 Å². The topological polar surface area (TPSA) is 170 Å². The van der Waals surface area contributed by atoms with Crippen LogP contribution in [-0.4, -0.2) is 49.4 Å². The molecular formula is C28H26N6O7S. The van der Waals surface area contributed by atoms with E-state index in [9.17, 15) is 29.8 Å². The quantitative estimate of drug-likeness (QED) is 0.181. The number of amides is 2. The summed E-state index contributed by atoms with van der Waals surface area (Å²) in [7, 11) is 0. The maximum Gasteiger partial charge on any atom is 0.293 e. The Balaban J connectivity index is 1.61. The van der Waals surface area contributed by atoms with Crippen LogP contribution in [0.15, 0.2) is 76.8 Å². The largest absolute Gasteiger partial charge is 0.494 e. The van der Waals surface area contributed by atoms with Gasteiger partial charge in [0.1, 0.15) is 16.7 Å². The molecule has 1 aliphatic rings. The van der Waals surface area contributed by atoms with Gasteiger partial charge in [0.25, 0.3) is 17.3 Å². The molecule has 1 N–H and O–H groups in total. The number of carbonyl (C=O) groups is 2. The number of amidine groups is 1. The fourth-order valence-corrected chi connectivity index (χ4v) is 5.03. The van der Waals surface area contributed by atoms with Crippen molar-refractivity contribution in [1.82, 2.24) is 5.01 Å². The van der Waals surface area contributed by atoms with Gasteiger partial charge in [0, 0.05) is 24.6 Å². The molecule has 1 fully saturated rings. The molecule has 1 heterocycles. The number of hydrogen-bond acceptors (Lipinski definition) is 10. The predicted molar refractivity (Wildman–Crippen MR) is 159 cm³/mol. The molecule has 0 saturated carbocycles. The molecule has 2 amide bonds. The highest BCUT2D eigenvalue weighted by atomic mass is 32.2. The minimum Gasteiger partial charge on any atom is -0.494 e. The molecule has 3 aromatic rings. The number of rotatable bonds is 10. The molecule has 0 bridgehead atoms. The number of hydrogen-bond donors (Lipinski definition) is 1. The number of nitro benzene ring substituents is 2. The maximum atomic E-state index is 13.5. The average molecular weight is 591 g/mol. The lowest BCUT2D eigenvalue weighted by atomic mass is 10.1. The standard InChI is InChI=1S/C28H26N6O7S/c1-4-41-22-12-8-20(9-13-22)29-28-32(31-18(3)19-6-10-21(11-7-19)33(37)38)27(36)25(42-28)16-26(35)30-23-14-5-17(2)15-24(23)34(39)40/h5-15,25H,4,16H2,1-3H3,(H,30,35)/b29-28?,31-18-/t25-/m1/s1. The van der Waals surface area contributed by atoms with Gasteiger partial charge in [0.05, 0.1) is 27.9 Å². The molecule has 216 valence electrons. The second-order valence-electron chi connectivity index (χ2n) is 9.10. The molecule has 1 aliphatic heterocycles. The number of aliphatic imine (C=N–C) groups is 1. The van der Waals surface area contributed by atoms with Crippen LogP contribution in [0.3, 0.4) is 0 Å². The third kappa shape index (κ3) is 7.14. The van der Waals surface area contributed by atoms with Crippen molar-refractivity contribution in [2.24, 2.45) is 10.1 Å². The number of nitrogens with one attached hydrogen (secondary N) is 1. The minimum absolute atomic E-state index is 0.0261. The second kappa shape index (κ2) is 13.0. The number of thioether (sulfide) groups is 1. The van der Waals surface area contributed by atoms with Crippen LogP contribution >= 0.6 is 11.8 Å². The maximum absolute atomic E-state index is 13.5. The number of nitro groups is 2. The summed E-state index contributed by atoms with van der Waals surface area (Å²) in [4.78, 5) is 52.3. The van der Waals surface area contributed by atoms with Crippen LogP contribution in [-0.2, 0) is 9.59 Å². The van der Waals surface area contributed by atoms with E-state index in [1.165, 1.54) is 36.4 Å². The first-order valence-corrected chi connectivity index (χ1v) is 13.6. The van der Waals surface area contributed by atoms with Crippen molar-refractivity contribution in [2.45, 2.75) is 32.4 Å². The highest BCUT2D eigenvalue weighted by molar-refractivity contribution is 8.15. The van der Waals surface area contributed by atoms with Gasteiger partial charge in [-0.05, 0) is 74.4 Å². The van der Waals surface area contributed by atoms with Crippen LogP contribution in [0.25, 0.3) is 0 Å². The van der Waals surface area contributed by atoms with Crippen molar-refractivity contribution >= 4 is 57.2 Å². The number of anilines is 1. The van der Waals surface area contributed by atoms with Crippen molar-refractivity contribution in [1.29, 1.82) is 0 Å². The van der Waals surface area contributed by atoms with Gasteiger partial charge in [-0.25, -0.2) is 4.99 Å². The molecule has 0 unspecified atom stereocenters. The number of non-ortho nitro benzene ring substituents is 1. The summed E-state index contributed by atoms with van der Waals surface area (Å²) in [6.07, 6.45) is -0.292. The Morgan fingerprint density at radius 2 is 1.74 bits per heavy atom. The average Bonchev–Trinajstić information content (AvgIpc) is 3.23. The smallest absolute Gasteiger partial charge is 0.293 e. The lowest BCUT2D eigenvalue weighted by Gasteiger charge is -2.12. The van der Waals surface area contributed by atoms with E-state index in [1.807, 2.05) is 6.92 Å². The van der Waals surface area contributed by atoms with E-state index >= 15 is 0 Å². The summed E-state index contributed by atoms with van der Waals surface area (Å²) in [5, 5.41) is 29.9. The number of nitrogens with zero attached hydrogens (tertiary/aromatic N) is 5. The Labute approximate surface area is 244 Å². The Morgan fingerprint density at radius 1 is 1.05 bits per heavy atom. The third-order valence-electron chi connectivity index (χ3n) is 6.03. The van der Waals surface area contributed by atoms with E-state index in [0.29, 0.717) is 34.9 Å². The predicted octanol–water partition coefficient (Wildman–Crippen LogP) is 5.59. The number of aryl methyl sites for hydroxylation is 1. The van der Waals surface area contributed by atoms with Crippen LogP contribution in [0.1, 0.15) is 31.4 Å². The lowest BCUT2D eigenvalue weighted by molar-refractivity contribution is -0.384. The Morgan fingerprint density at radius 3 is 2.36 bits per heavy atom. The normalized spacial score (nSPS) is 16.0. The van der Waals surface area contributed by atoms with Gasteiger partial charge < -0.3 is 10.1 Å². The summed E-state index contributed by atoms with van der Waals surface area (Å²) in [6.45, 7) is 5.71. The van der Waals surface area contributed by atoms with Crippen molar-refractivity contribution < 1.29 is 24.2 Å². The molecule has 3 aromatic carbocycles. The molecule has 0 aliphatic carbocycles. The van der Waals surface area contributed by atoms with Crippen molar-refractivity contribution in [3.05, 3.63) is 98.1 Å². The molecule has 0 aromatic heterocycles. The fourth-order valence-electron chi connectivity index (χ4n) is 3.95. The number of ether oxygens (including phenoxy) is 1. The molecule has 4 rings (SSSR count). The van der Waals surface area contributed by atoms with E-state index in [-0.39, 0.29) is 28.7 Å². The molecule has 1 saturated heterocycles. The zero-order valence-corrected chi connectivity index (χ0v) is 23.7. The van der Waals surface area contributed by atoms with Crippen molar-refractivity contribution in [2.75, 3.05) is 11.9 Å². The molecule has 14 heteroatoms. The Hall–Kier alpha value is -5.11. The number of hydrazone groups is 1. The monoisotopic (exact) mass is 590 g/mol. The molecule has 0 spiro atoms. The molecule has 13 nitrogen and oxygen atoms in total. The first-order valence-electron chi connectivity index (χ1n) is 12.7. The second-order valence-corrected chi connectivity index (χ2v) is 10.3. The van der Waals surface area contributed by atoms with Gasteiger partial charge in [-0.2, -0.15) is 10.1 Å². The van der Waals surface area contributed by atoms with Gasteiger partial charge in [0.15, 0.2) is 5.17 Å². The highest BCUT2D eigenvalue weighted by Gasteiger charge is 2.40. The van der Waals surface area contributed by atoms with Gasteiger partial charge in [0.2, 0.25) is 5.91 Å². The van der Waals surface area contributed by atoms with Crippen molar-refractivity contribution in [3.63, 3.8) is 0 Å². The third-order valence-corrected chi connectivity index (χ3v) is 7.15. The van der Waals surface area contributed by atoms with E-state index in [4.69, 9.17) is 4.74 Å². The Kier molecular flexibility index (Phi) is 9.27. The molecular weight excluding hydrogens is 564 g/mol. The minimum atomic E-state index is -0.913. The van der Waals surface area contributed by atoms with Gasteiger partial charge in [-0.15, -0.1) is 0 Å². The van der Waals surface area contributed by atoms with E-state index in [0.717, 1.165) is 16.8 Å². The first-order chi connectivity index (χ1) is 20.0. The van der Waals surface area contributed by atoms with Crippen LogP contribution in [0.4, 0.5) is 22.7 Å². The van der Waals surface area contributed by atoms with Gasteiger partial charge in [-0.3, -0.25) is 29.8 Å². The van der Waals surface area contributed by atoms with Crippen LogP contribution in [0.2, 0.25) is 0 Å². The summed E-state index contributed by atoms with van der Waals surface area (Å²) in [5.41, 5.74) is 1.80. The number of benzene rings is 3. The van der Waals surface area contributed by atoms with Crippen LogP contribution in [0.5, 0.6) is 5.75 Å². The molecule has 42 heavy (non-hydrogen) atoms. The van der Waals surface area contributed by atoms with Crippen molar-refractivity contribution in [3.8, 4) is 5.75 Å². The number of carbonyl (C=O) groups excluding carboxylic acids is 2. The molecule has 1 atom stereocenters. The van der Waals surface area contributed by atoms with Crippen LogP contribution < -0.4 is 10.1 Å². The Bertz CT molecular complexity index is 1590. The van der Waals surface area contributed by atoms with Gasteiger partial charge >= 0.3 is 0 Å². The first kappa shape index (κ1) is 29.9. The summed E-state index contributed by atoms with van der Waals surface area (Å²) in [5.74, 6) is -0.453. The summed E-state index contributed by atoms with van der Waals surface area (Å²) < 4.78 is 5.46. The zero-order chi connectivity index (χ0) is 30.4. The van der Waals surface area contributed by atoms with Crippen LogP contribution in [0, 0.1) is 27.2 Å². The summed E-state index contributed by atoms with van der Waals surface area (Å²) in [6, 6.07) is 17.0. The summed E-state index contributed by atoms with van der Waals surface area (Å²) >= 11 is 1.04. The zero-order valence-electron chi connectivity index (χ0n) is 22.8. The lowest BCUT2D eigenvalue weighted by Crippen LogP contribution is -2.30. The molecule has 0 radical (unpaired) electrons. The van der Waals surface area contributed by atoms with E-state index < -0.39 is 26.9 Å². The van der Waals surface area contributed by atoms with E-state index in [2.05, 4.69) is 15.4 Å².